The highest BCUT2D eigenvalue weighted by Gasteiger charge is 2.12. The zero-order valence-corrected chi connectivity index (χ0v) is 23.7. The first-order chi connectivity index (χ1) is 20.5. The molecule has 2 heterocycles. The predicted octanol–water partition coefficient (Wildman–Crippen LogP) is 6.27. The van der Waals surface area contributed by atoms with Crippen LogP contribution in [0.3, 0.4) is 0 Å². The number of fused-ring (bicyclic) bond motifs is 2. The lowest BCUT2D eigenvalue weighted by Crippen LogP contribution is -2.08. The van der Waals surface area contributed by atoms with E-state index in [9.17, 15) is 0 Å². The number of benzene rings is 4. The summed E-state index contributed by atoms with van der Waals surface area (Å²) in [6, 6.07) is 22.8. The Bertz CT molecular complexity index is 1680. The van der Waals surface area contributed by atoms with Gasteiger partial charge in [-0.25, -0.2) is 9.97 Å². The quantitative estimate of drug-likeness (QED) is 0.177. The van der Waals surface area contributed by atoms with Gasteiger partial charge in [0.25, 0.3) is 0 Å². The highest BCUT2D eigenvalue weighted by atomic mass is 16.5. The van der Waals surface area contributed by atoms with Crippen LogP contribution in [0.1, 0.15) is 0 Å². The summed E-state index contributed by atoms with van der Waals surface area (Å²) in [7, 11) is 6.49. The van der Waals surface area contributed by atoms with Crippen molar-refractivity contribution in [1.82, 2.24) is 19.9 Å². The minimum atomic E-state index is 0.370. The average Bonchev–Trinajstić information content (AvgIpc) is 3.66. The summed E-state index contributed by atoms with van der Waals surface area (Å²) in [6.07, 6.45) is 0. The van der Waals surface area contributed by atoms with Crippen LogP contribution in [0, 0.1) is 0 Å². The average molecular weight is 567 g/mol. The van der Waals surface area contributed by atoms with Crippen LogP contribution in [0.15, 0.2) is 72.8 Å². The molecule has 0 aliphatic heterocycles. The molecule has 10 heteroatoms. The van der Waals surface area contributed by atoms with Crippen LogP contribution in [-0.4, -0.2) is 61.6 Å². The second kappa shape index (κ2) is 11.6. The molecule has 0 aliphatic carbocycles. The lowest BCUT2D eigenvalue weighted by molar-refractivity contribution is 0.217. The molecule has 10 nitrogen and oxygen atoms in total. The van der Waals surface area contributed by atoms with Crippen molar-refractivity contribution in [2.75, 3.05) is 41.7 Å². The van der Waals surface area contributed by atoms with Gasteiger partial charge in [0.05, 0.1) is 50.5 Å². The van der Waals surface area contributed by atoms with Crippen molar-refractivity contribution in [3.05, 3.63) is 72.8 Å². The molecule has 2 N–H and O–H groups in total. The maximum atomic E-state index is 5.96. The van der Waals surface area contributed by atoms with Crippen molar-refractivity contribution in [2.24, 2.45) is 0 Å². The molecule has 0 amide bonds. The number of aromatic amines is 2. The smallest absolute Gasteiger partial charge is 0.138 e. The molecular formula is C32H30N4O6. The summed E-state index contributed by atoms with van der Waals surface area (Å²) in [5.74, 6) is 5.63. The van der Waals surface area contributed by atoms with Crippen molar-refractivity contribution in [3.63, 3.8) is 0 Å². The van der Waals surface area contributed by atoms with Gasteiger partial charge in [-0.05, 0) is 48.5 Å². The van der Waals surface area contributed by atoms with Crippen LogP contribution >= 0.6 is 0 Å². The Morgan fingerprint density at radius 1 is 0.476 bits per heavy atom. The summed E-state index contributed by atoms with van der Waals surface area (Å²) >= 11 is 0. The number of H-pyrrole nitrogens is 2. The second-order valence-corrected chi connectivity index (χ2v) is 9.43. The molecule has 2 aromatic heterocycles. The molecule has 0 atom stereocenters. The molecule has 4 aromatic carbocycles. The number of ether oxygens (including phenoxy) is 6. The topological polar surface area (TPSA) is 113 Å². The molecule has 6 rings (SSSR count). The predicted molar refractivity (Wildman–Crippen MR) is 160 cm³/mol. The van der Waals surface area contributed by atoms with Gasteiger partial charge < -0.3 is 38.4 Å². The highest BCUT2D eigenvalue weighted by Crippen LogP contribution is 2.32. The molecule has 0 spiro atoms. The van der Waals surface area contributed by atoms with Crippen LogP contribution < -0.4 is 28.4 Å². The number of methoxy groups -OCH3 is 4. The van der Waals surface area contributed by atoms with E-state index in [-0.39, 0.29) is 0 Å². The van der Waals surface area contributed by atoms with E-state index in [4.69, 9.17) is 38.4 Å². The van der Waals surface area contributed by atoms with Crippen molar-refractivity contribution in [3.8, 4) is 57.3 Å². The van der Waals surface area contributed by atoms with E-state index < -0.39 is 0 Å². The van der Waals surface area contributed by atoms with Gasteiger partial charge in [0.1, 0.15) is 59.4 Å². The van der Waals surface area contributed by atoms with Crippen LogP contribution in [0.2, 0.25) is 0 Å². The van der Waals surface area contributed by atoms with E-state index in [2.05, 4.69) is 9.97 Å². The first kappa shape index (κ1) is 26.8. The summed E-state index contributed by atoms with van der Waals surface area (Å²) in [5.41, 5.74) is 5.11. The van der Waals surface area contributed by atoms with E-state index >= 15 is 0 Å². The van der Waals surface area contributed by atoms with Crippen LogP contribution in [-0.2, 0) is 0 Å². The Morgan fingerprint density at radius 3 is 1.21 bits per heavy atom. The molecule has 42 heavy (non-hydrogen) atoms. The molecule has 0 radical (unpaired) electrons. The third-order valence-electron chi connectivity index (χ3n) is 6.78. The Labute approximate surface area is 242 Å². The summed E-state index contributed by atoms with van der Waals surface area (Å²) in [6.45, 7) is 0.741. The Hall–Kier alpha value is -5.38. The first-order valence-corrected chi connectivity index (χ1v) is 13.3. The number of imidazole rings is 2. The fraction of sp³-hybridized carbons (Fsp3) is 0.188. The molecule has 0 aliphatic rings. The van der Waals surface area contributed by atoms with Gasteiger partial charge >= 0.3 is 0 Å². The molecule has 0 saturated heterocycles. The van der Waals surface area contributed by atoms with Crippen LogP contribution in [0.4, 0.5) is 0 Å². The fourth-order valence-corrected chi connectivity index (χ4v) is 4.64. The fourth-order valence-electron chi connectivity index (χ4n) is 4.64. The summed E-state index contributed by atoms with van der Waals surface area (Å²) in [5, 5.41) is 0. The van der Waals surface area contributed by atoms with Crippen molar-refractivity contribution in [1.29, 1.82) is 0 Å². The maximum Gasteiger partial charge on any atom is 0.138 e. The first-order valence-electron chi connectivity index (χ1n) is 13.3. The van der Waals surface area contributed by atoms with E-state index in [0.29, 0.717) is 59.4 Å². The SMILES string of the molecule is COc1cc(OC)cc(-c2nc3ccc(OCCOc4ccc5nc(-c6cc(OC)cc(OC)c6)[nH]c5c4)cc3[nH]2)c1. The number of aromatic nitrogens is 4. The molecule has 0 unspecified atom stereocenters. The third kappa shape index (κ3) is 5.60. The zero-order valence-electron chi connectivity index (χ0n) is 23.7. The van der Waals surface area contributed by atoms with Crippen molar-refractivity contribution >= 4 is 22.1 Å². The van der Waals surface area contributed by atoms with Crippen LogP contribution in [0.5, 0.6) is 34.5 Å². The van der Waals surface area contributed by atoms with Gasteiger partial charge in [-0.15, -0.1) is 0 Å². The number of nitrogens with one attached hydrogen (secondary N) is 2. The molecule has 0 fully saturated rings. The summed E-state index contributed by atoms with van der Waals surface area (Å²) in [4.78, 5) is 16.1. The molecular weight excluding hydrogens is 536 g/mol. The molecule has 6 aromatic rings. The minimum absolute atomic E-state index is 0.370. The number of hydrogen-bond donors (Lipinski definition) is 2. The van der Waals surface area contributed by atoms with Gasteiger partial charge in [0.15, 0.2) is 0 Å². The number of nitrogens with zero attached hydrogens (tertiary/aromatic N) is 2. The van der Waals surface area contributed by atoms with E-state index in [0.717, 1.165) is 33.2 Å². The monoisotopic (exact) mass is 566 g/mol. The number of rotatable bonds is 11. The highest BCUT2D eigenvalue weighted by molar-refractivity contribution is 5.82. The van der Waals surface area contributed by atoms with E-state index in [1.807, 2.05) is 72.8 Å². The zero-order chi connectivity index (χ0) is 29.1. The minimum Gasteiger partial charge on any atom is -0.497 e. The standard InChI is InChI=1S/C32H30N4O6/c1-37-23-11-19(12-24(15-23)38-2)31-33-27-7-5-21(17-29(27)35-31)41-9-10-42-22-6-8-28-30(18-22)36-32(34-28)20-13-25(39-3)16-26(14-20)40-4/h5-8,11-18H,9-10H2,1-4H3,(H,33,35)(H,34,36). The maximum absolute atomic E-state index is 5.96. The third-order valence-corrected chi connectivity index (χ3v) is 6.78. The van der Waals surface area contributed by atoms with E-state index in [1.54, 1.807) is 28.4 Å². The molecule has 0 saturated carbocycles. The molecule has 0 bridgehead atoms. The van der Waals surface area contributed by atoms with Gasteiger partial charge in [-0.3, -0.25) is 0 Å². The molecule has 214 valence electrons. The van der Waals surface area contributed by atoms with Crippen molar-refractivity contribution < 1.29 is 28.4 Å². The largest absolute Gasteiger partial charge is 0.497 e. The Kier molecular flexibility index (Phi) is 7.42. The Balaban J connectivity index is 1.10. The van der Waals surface area contributed by atoms with Gasteiger partial charge in [0.2, 0.25) is 0 Å². The van der Waals surface area contributed by atoms with Gasteiger partial charge in [-0.1, -0.05) is 0 Å². The lowest BCUT2D eigenvalue weighted by Gasteiger charge is -2.08. The second-order valence-electron chi connectivity index (χ2n) is 9.43. The van der Waals surface area contributed by atoms with Gasteiger partial charge in [0, 0.05) is 35.4 Å². The summed E-state index contributed by atoms with van der Waals surface area (Å²) < 4.78 is 33.5. The Morgan fingerprint density at radius 2 is 0.857 bits per heavy atom. The van der Waals surface area contributed by atoms with E-state index in [1.165, 1.54) is 0 Å². The normalized spacial score (nSPS) is 11.0. The van der Waals surface area contributed by atoms with Crippen LogP contribution in [0.25, 0.3) is 44.8 Å². The number of hydrogen-bond acceptors (Lipinski definition) is 8. The lowest BCUT2D eigenvalue weighted by atomic mass is 10.2. The van der Waals surface area contributed by atoms with Gasteiger partial charge in [-0.2, -0.15) is 0 Å². The van der Waals surface area contributed by atoms with Crippen molar-refractivity contribution in [2.45, 2.75) is 0 Å².